The fourth-order valence-electron chi connectivity index (χ4n) is 3.32. The van der Waals surface area contributed by atoms with Gasteiger partial charge in [0.25, 0.3) is 0 Å². The molecule has 3 heteroatoms. The summed E-state index contributed by atoms with van der Waals surface area (Å²) < 4.78 is 2.19. The molecule has 1 atom stereocenters. The number of nitrogens with zero attached hydrogens (tertiary/aromatic N) is 3. The van der Waals surface area contributed by atoms with Crippen LogP contribution in [-0.4, -0.2) is 27.5 Å². The number of benzene rings is 1. The van der Waals surface area contributed by atoms with Crippen molar-refractivity contribution in [1.82, 2.24) is 14.5 Å². The molecule has 1 unspecified atom stereocenters. The smallest absolute Gasteiger partial charge is 0.0945 e. The van der Waals surface area contributed by atoms with Gasteiger partial charge in [0.15, 0.2) is 0 Å². The Kier molecular flexibility index (Phi) is 4.71. The van der Waals surface area contributed by atoms with Gasteiger partial charge >= 0.3 is 0 Å². The molecule has 2 aromatic rings. The highest BCUT2D eigenvalue weighted by atomic mass is 15.2. The molecule has 1 aliphatic heterocycles. The van der Waals surface area contributed by atoms with E-state index in [1.54, 1.807) is 0 Å². The first kappa shape index (κ1) is 14.3. The minimum absolute atomic E-state index is 0.542. The monoisotopic (exact) mass is 283 g/mol. The number of piperidine rings is 1. The van der Waals surface area contributed by atoms with Crippen molar-refractivity contribution < 1.29 is 0 Å². The van der Waals surface area contributed by atoms with Gasteiger partial charge in [-0.3, -0.25) is 4.90 Å². The Morgan fingerprint density at radius 3 is 2.62 bits per heavy atom. The van der Waals surface area contributed by atoms with E-state index < -0.39 is 0 Å². The van der Waals surface area contributed by atoms with Crippen LogP contribution in [0, 0.1) is 5.92 Å². The summed E-state index contributed by atoms with van der Waals surface area (Å²) in [5.74, 6) is 0.867. The lowest BCUT2D eigenvalue weighted by Gasteiger charge is -2.36. The SMILES string of the molecule is CC(c1ccccc1)N1CCC(CCn2ccnc2)CC1. The fourth-order valence-corrected chi connectivity index (χ4v) is 3.32. The van der Waals surface area contributed by atoms with Gasteiger partial charge in [-0.1, -0.05) is 30.3 Å². The maximum absolute atomic E-state index is 4.11. The van der Waals surface area contributed by atoms with Crippen LogP contribution in [0.3, 0.4) is 0 Å². The second-order valence-electron chi connectivity index (χ2n) is 6.16. The summed E-state index contributed by atoms with van der Waals surface area (Å²) in [4.78, 5) is 6.74. The van der Waals surface area contributed by atoms with E-state index in [1.165, 1.54) is 37.9 Å². The van der Waals surface area contributed by atoms with E-state index in [2.05, 4.69) is 57.9 Å². The number of hydrogen-bond donors (Lipinski definition) is 0. The molecule has 3 nitrogen and oxygen atoms in total. The number of likely N-dealkylation sites (tertiary alicyclic amines) is 1. The quantitative estimate of drug-likeness (QED) is 0.833. The number of hydrogen-bond acceptors (Lipinski definition) is 2. The van der Waals surface area contributed by atoms with E-state index in [9.17, 15) is 0 Å². The summed E-state index contributed by atoms with van der Waals surface area (Å²) >= 11 is 0. The first-order chi connectivity index (χ1) is 10.3. The highest BCUT2D eigenvalue weighted by molar-refractivity contribution is 5.18. The van der Waals surface area contributed by atoms with Gasteiger partial charge < -0.3 is 4.57 Å². The Hall–Kier alpha value is -1.61. The molecule has 1 aromatic heterocycles. The van der Waals surface area contributed by atoms with Crippen LogP contribution in [0.25, 0.3) is 0 Å². The standard InChI is InChI=1S/C18H25N3/c1-16(18-5-3-2-4-6-18)21-12-8-17(9-13-21)7-11-20-14-10-19-15-20/h2-6,10,14-17H,7-9,11-13H2,1H3. The topological polar surface area (TPSA) is 21.1 Å². The van der Waals surface area contributed by atoms with Gasteiger partial charge in [0.05, 0.1) is 6.33 Å². The van der Waals surface area contributed by atoms with Gasteiger partial charge in [0, 0.05) is 25.0 Å². The molecule has 1 fully saturated rings. The third kappa shape index (κ3) is 3.73. The summed E-state index contributed by atoms with van der Waals surface area (Å²) in [6.45, 7) is 5.90. The van der Waals surface area contributed by atoms with Gasteiger partial charge in [0.1, 0.15) is 0 Å². The van der Waals surface area contributed by atoms with E-state index in [0.717, 1.165) is 12.5 Å². The van der Waals surface area contributed by atoms with Gasteiger partial charge in [-0.2, -0.15) is 0 Å². The van der Waals surface area contributed by atoms with E-state index >= 15 is 0 Å². The molecule has 1 aliphatic rings. The van der Waals surface area contributed by atoms with Gasteiger partial charge in [-0.15, -0.1) is 0 Å². The predicted molar refractivity (Wildman–Crippen MR) is 86.0 cm³/mol. The van der Waals surface area contributed by atoms with Crippen molar-refractivity contribution >= 4 is 0 Å². The first-order valence-electron chi connectivity index (χ1n) is 8.07. The molecule has 2 heterocycles. The van der Waals surface area contributed by atoms with Crippen LogP contribution in [-0.2, 0) is 6.54 Å². The average molecular weight is 283 g/mol. The maximum Gasteiger partial charge on any atom is 0.0945 e. The van der Waals surface area contributed by atoms with Crippen molar-refractivity contribution in [2.45, 2.75) is 38.8 Å². The Morgan fingerprint density at radius 2 is 1.95 bits per heavy atom. The van der Waals surface area contributed by atoms with Crippen LogP contribution in [0.4, 0.5) is 0 Å². The zero-order valence-corrected chi connectivity index (χ0v) is 12.9. The second-order valence-corrected chi connectivity index (χ2v) is 6.16. The molecular formula is C18H25N3. The normalized spacial score (nSPS) is 18.7. The minimum atomic E-state index is 0.542. The molecule has 0 N–H and O–H groups in total. The lowest BCUT2D eigenvalue weighted by molar-refractivity contribution is 0.135. The summed E-state index contributed by atoms with van der Waals surface area (Å²) in [5.41, 5.74) is 1.44. The van der Waals surface area contributed by atoms with E-state index in [-0.39, 0.29) is 0 Å². The van der Waals surface area contributed by atoms with Gasteiger partial charge in [0.2, 0.25) is 0 Å². The van der Waals surface area contributed by atoms with Crippen molar-refractivity contribution in [1.29, 1.82) is 0 Å². The molecule has 0 saturated carbocycles. The predicted octanol–water partition coefficient (Wildman–Crippen LogP) is 3.75. The molecule has 21 heavy (non-hydrogen) atoms. The zero-order valence-electron chi connectivity index (χ0n) is 12.9. The molecule has 0 bridgehead atoms. The van der Waals surface area contributed by atoms with Crippen molar-refractivity contribution in [3.05, 3.63) is 54.6 Å². The van der Waals surface area contributed by atoms with Crippen molar-refractivity contribution in [2.24, 2.45) is 5.92 Å². The van der Waals surface area contributed by atoms with Crippen molar-refractivity contribution in [2.75, 3.05) is 13.1 Å². The summed E-state index contributed by atoms with van der Waals surface area (Å²) in [7, 11) is 0. The fraction of sp³-hybridized carbons (Fsp3) is 0.500. The molecule has 0 radical (unpaired) electrons. The highest BCUT2D eigenvalue weighted by Crippen LogP contribution is 2.28. The molecular weight excluding hydrogens is 258 g/mol. The molecule has 1 aromatic carbocycles. The largest absolute Gasteiger partial charge is 0.337 e. The van der Waals surface area contributed by atoms with Crippen LogP contribution in [0.1, 0.15) is 37.8 Å². The van der Waals surface area contributed by atoms with Crippen LogP contribution in [0.5, 0.6) is 0 Å². The number of rotatable bonds is 5. The number of aryl methyl sites for hydroxylation is 1. The molecule has 1 saturated heterocycles. The Bertz CT molecular complexity index is 513. The molecule has 0 amide bonds. The minimum Gasteiger partial charge on any atom is -0.337 e. The van der Waals surface area contributed by atoms with Gasteiger partial charge in [-0.05, 0) is 50.8 Å². The average Bonchev–Trinajstić information content (AvgIpc) is 3.07. The maximum atomic E-state index is 4.11. The van der Waals surface area contributed by atoms with Crippen molar-refractivity contribution in [3.8, 4) is 0 Å². The summed E-state index contributed by atoms with van der Waals surface area (Å²) in [5, 5.41) is 0. The Labute approximate surface area is 127 Å². The molecule has 112 valence electrons. The lowest BCUT2D eigenvalue weighted by Crippen LogP contribution is -2.35. The van der Waals surface area contributed by atoms with E-state index in [0.29, 0.717) is 6.04 Å². The molecule has 0 aliphatic carbocycles. The number of aromatic nitrogens is 2. The molecule has 3 rings (SSSR count). The lowest BCUT2D eigenvalue weighted by atomic mass is 9.92. The summed E-state index contributed by atoms with van der Waals surface area (Å²) in [6, 6.07) is 11.4. The van der Waals surface area contributed by atoms with Crippen LogP contribution in [0.15, 0.2) is 49.1 Å². The summed E-state index contributed by atoms with van der Waals surface area (Å²) in [6.07, 6.45) is 9.78. The van der Waals surface area contributed by atoms with Crippen LogP contribution in [0.2, 0.25) is 0 Å². The second kappa shape index (κ2) is 6.90. The van der Waals surface area contributed by atoms with Crippen LogP contribution < -0.4 is 0 Å². The van der Waals surface area contributed by atoms with E-state index in [4.69, 9.17) is 0 Å². The Balaban J connectivity index is 1.46. The number of imidazole rings is 1. The van der Waals surface area contributed by atoms with E-state index in [1.807, 2.05) is 12.5 Å². The Morgan fingerprint density at radius 1 is 1.19 bits per heavy atom. The van der Waals surface area contributed by atoms with Crippen molar-refractivity contribution in [3.63, 3.8) is 0 Å². The highest BCUT2D eigenvalue weighted by Gasteiger charge is 2.23. The zero-order chi connectivity index (χ0) is 14.5. The van der Waals surface area contributed by atoms with Crippen LogP contribution >= 0.6 is 0 Å². The molecule has 0 spiro atoms. The van der Waals surface area contributed by atoms with Gasteiger partial charge in [-0.25, -0.2) is 4.98 Å². The third-order valence-corrected chi connectivity index (χ3v) is 4.83. The third-order valence-electron chi connectivity index (χ3n) is 4.83. The first-order valence-corrected chi connectivity index (χ1v) is 8.07.